The highest BCUT2D eigenvalue weighted by Crippen LogP contribution is 2.24. The molecular formula is C26H41N3O7S. The summed E-state index contributed by atoms with van der Waals surface area (Å²) in [6.07, 6.45) is 2.69. The van der Waals surface area contributed by atoms with Crippen LogP contribution in [0.3, 0.4) is 0 Å². The predicted octanol–water partition coefficient (Wildman–Crippen LogP) is 2.56. The first-order valence-electron chi connectivity index (χ1n) is 13.1. The number of hydrogen-bond acceptors (Lipinski definition) is 8. The fraction of sp³-hybridized carbons (Fsp3) is 0.692. The van der Waals surface area contributed by atoms with Crippen LogP contribution in [0, 0.1) is 0 Å². The molecule has 1 amide bonds. The first-order valence-corrected chi connectivity index (χ1v) is 14.8. The van der Waals surface area contributed by atoms with Crippen molar-refractivity contribution in [1.29, 1.82) is 0 Å². The fourth-order valence-corrected chi connectivity index (χ4v) is 6.11. The van der Waals surface area contributed by atoms with Crippen molar-refractivity contribution in [2.75, 3.05) is 39.1 Å². The molecule has 2 unspecified atom stereocenters. The zero-order valence-electron chi connectivity index (χ0n) is 22.4. The summed E-state index contributed by atoms with van der Waals surface area (Å²) in [6, 6.07) is 6.78. The predicted molar refractivity (Wildman–Crippen MR) is 140 cm³/mol. The summed E-state index contributed by atoms with van der Waals surface area (Å²) in [5, 5.41) is 0. The largest absolute Gasteiger partial charge is 0.490 e. The van der Waals surface area contributed by atoms with Gasteiger partial charge in [0.1, 0.15) is 18.4 Å². The number of nitrogens with zero attached hydrogens (tertiary/aromatic N) is 2. The second kappa shape index (κ2) is 13.4. The Bertz CT molecular complexity index is 992. The molecule has 2 aliphatic heterocycles. The zero-order valence-corrected chi connectivity index (χ0v) is 23.2. The van der Waals surface area contributed by atoms with E-state index in [1.807, 2.05) is 11.8 Å². The number of benzene rings is 1. The number of hydrogen-bond donors (Lipinski definition) is 1. The number of esters is 1. The number of cyclic esters (lactones) is 1. The van der Waals surface area contributed by atoms with Gasteiger partial charge < -0.3 is 24.0 Å². The van der Waals surface area contributed by atoms with Crippen LogP contribution in [0.1, 0.15) is 52.0 Å². The molecule has 0 spiro atoms. The molecule has 2 atom stereocenters. The molecule has 2 fully saturated rings. The average Bonchev–Trinajstić information content (AvgIpc) is 3.26. The van der Waals surface area contributed by atoms with Gasteiger partial charge in [0, 0.05) is 25.2 Å². The molecule has 2 aliphatic rings. The van der Waals surface area contributed by atoms with Gasteiger partial charge in [-0.2, -0.15) is 0 Å². The van der Waals surface area contributed by atoms with Gasteiger partial charge in [-0.25, -0.2) is 17.9 Å². The molecule has 1 N–H and O–H groups in total. The minimum Gasteiger partial charge on any atom is -0.490 e. The third-order valence-corrected chi connectivity index (χ3v) is 8.42. The van der Waals surface area contributed by atoms with Crippen molar-refractivity contribution in [2.45, 2.75) is 77.1 Å². The van der Waals surface area contributed by atoms with E-state index in [4.69, 9.17) is 14.2 Å². The summed E-state index contributed by atoms with van der Waals surface area (Å²) in [6.45, 7) is 9.01. The van der Waals surface area contributed by atoms with Crippen molar-refractivity contribution in [1.82, 2.24) is 14.5 Å². The standard InChI is InChI=1S/C26H41N3O7S/c1-5-6-15-37(32,33)27-24(25(30)34-4)16-20-7-9-22(10-8-20)35-18-23-17-29(26(31)36-23)21-11-13-28(14-12-21)19(2)3/h7-10,19,21,23-24,27H,5-6,11-18H2,1-4H3. The second-order valence-electron chi connectivity index (χ2n) is 10.0. The minimum absolute atomic E-state index is 0.0376. The van der Waals surface area contributed by atoms with Gasteiger partial charge in [-0.15, -0.1) is 0 Å². The van der Waals surface area contributed by atoms with Crippen LogP contribution in [0.15, 0.2) is 24.3 Å². The Labute approximate surface area is 220 Å². The highest BCUT2D eigenvalue weighted by molar-refractivity contribution is 7.89. The number of sulfonamides is 1. The molecular weight excluding hydrogens is 498 g/mol. The summed E-state index contributed by atoms with van der Waals surface area (Å²) in [4.78, 5) is 28.9. The van der Waals surface area contributed by atoms with E-state index in [1.165, 1.54) is 7.11 Å². The number of methoxy groups -OCH3 is 1. The molecule has 10 nitrogen and oxygen atoms in total. The number of piperidine rings is 1. The summed E-state index contributed by atoms with van der Waals surface area (Å²) in [7, 11) is -2.36. The molecule has 0 aromatic heterocycles. The number of carbonyl (C=O) groups is 2. The molecule has 0 saturated carbocycles. The van der Waals surface area contributed by atoms with Crippen LogP contribution in [0.2, 0.25) is 0 Å². The van der Waals surface area contributed by atoms with Crippen LogP contribution < -0.4 is 9.46 Å². The summed E-state index contributed by atoms with van der Waals surface area (Å²) in [5.41, 5.74) is 0.757. The Kier molecular flexibility index (Phi) is 10.6. The third-order valence-electron chi connectivity index (χ3n) is 6.95. The average molecular weight is 540 g/mol. The maximum Gasteiger partial charge on any atom is 0.410 e. The Hall–Kier alpha value is -2.37. The maximum absolute atomic E-state index is 12.4. The van der Waals surface area contributed by atoms with Gasteiger partial charge in [-0.3, -0.25) is 4.79 Å². The Morgan fingerprint density at radius 2 is 1.86 bits per heavy atom. The van der Waals surface area contributed by atoms with Crippen LogP contribution in [0.4, 0.5) is 4.79 Å². The highest BCUT2D eigenvalue weighted by Gasteiger charge is 2.38. The fourth-order valence-electron chi connectivity index (χ4n) is 4.71. The SMILES string of the molecule is CCCCS(=O)(=O)NC(Cc1ccc(OCC2CN(C3CCN(C(C)C)CC3)C(=O)O2)cc1)C(=O)OC. The lowest BCUT2D eigenvalue weighted by atomic mass is 10.0. The lowest BCUT2D eigenvalue weighted by Crippen LogP contribution is -2.47. The first kappa shape index (κ1) is 29.2. The number of ether oxygens (including phenoxy) is 3. The Morgan fingerprint density at radius 3 is 2.46 bits per heavy atom. The topological polar surface area (TPSA) is 114 Å². The van der Waals surface area contributed by atoms with E-state index >= 15 is 0 Å². The molecule has 0 radical (unpaired) electrons. The smallest absolute Gasteiger partial charge is 0.410 e. The quantitative estimate of drug-likeness (QED) is 0.381. The van der Waals surface area contributed by atoms with Gasteiger partial charge in [-0.1, -0.05) is 25.5 Å². The lowest BCUT2D eigenvalue weighted by Gasteiger charge is -2.37. The minimum atomic E-state index is -3.59. The van der Waals surface area contributed by atoms with Crippen LogP contribution >= 0.6 is 0 Å². The summed E-state index contributed by atoms with van der Waals surface area (Å²) < 4.78 is 43.2. The molecule has 0 bridgehead atoms. The monoisotopic (exact) mass is 539 g/mol. The molecule has 1 aromatic carbocycles. The number of likely N-dealkylation sites (tertiary alicyclic amines) is 1. The van der Waals surface area contributed by atoms with Gasteiger partial charge in [0.2, 0.25) is 10.0 Å². The van der Waals surface area contributed by atoms with Crippen LogP contribution in [-0.4, -0.2) is 93.6 Å². The molecule has 2 saturated heterocycles. The number of rotatable bonds is 13. The van der Waals surface area contributed by atoms with E-state index in [9.17, 15) is 18.0 Å². The van der Waals surface area contributed by atoms with Gasteiger partial charge in [0.25, 0.3) is 0 Å². The first-order chi connectivity index (χ1) is 17.6. The third kappa shape index (κ3) is 8.58. The molecule has 2 heterocycles. The van der Waals surface area contributed by atoms with E-state index < -0.39 is 22.0 Å². The second-order valence-corrected chi connectivity index (χ2v) is 11.9. The maximum atomic E-state index is 12.4. The molecule has 0 aliphatic carbocycles. The number of carbonyl (C=O) groups excluding carboxylic acids is 2. The van der Waals surface area contributed by atoms with E-state index in [0.29, 0.717) is 24.8 Å². The normalized spacial score (nSPS) is 20.2. The van der Waals surface area contributed by atoms with Crippen molar-refractivity contribution in [2.24, 2.45) is 0 Å². The van der Waals surface area contributed by atoms with Crippen molar-refractivity contribution < 1.29 is 32.2 Å². The van der Waals surface area contributed by atoms with E-state index in [0.717, 1.165) is 37.9 Å². The molecule has 11 heteroatoms. The Balaban J connectivity index is 1.49. The molecule has 1 aromatic rings. The van der Waals surface area contributed by atoms with Crippen LogP contribution in [0.5, 0.6) is 5.75 Å². The van der Waals surface area contributed by atoms with Crippen molar-refractivity contribution in [3.8, 4) is 5.75 Å². The van der Waals surface area contributed by atoms with Crippen molar-refractivity contribution in [3.63, 3.8) is 0 Å². The van der Waals surface area contributed by atoms with Crippen molar-refractivity contribution >= 4 is 22.1 Å². The molecule has 3 rings (SSSR count). The summed E-state index contributed by atoms with van der Waals surface area (Å²) >= 11 is 0. The van der Waals surface area contributed by atoms with Gasteiger partial charge in [0.15, 0.2) is 6.10 Å². The number of nitrogens with one attached hydrogen (secondary N) is 1. The van der Waals surface area contributed by atoms with Crippen molar-refractivity contribution in [3.05, 3.63) is 29.8 Å². The van der Waals surface area contributed by atoms with Crippen LogP contribution in [0.25, 0.3) is 0 Å². The zero-order chi connectivity index (χ0) is 27.0. The number of amides is 1. The van der Waals surface area contributed by atoms with E-state index in [2.05, 4.69) is 23.5 Å². The lowest BCUT2D eigenvalue weighted by molar-refractivity contribution is -0.142. The number of unbranched alkanes of at least 4 members (excludes halogenated alkanes) is 1. The highest BCUT2D eigenvalue weighted by atomic mass is 32.2. The van der Waals surface area contributed by atoms with Gasteiger partial charge in [-0.05, 0) is 57.2 Å². The van der Waals surface area contributed by atoms with E-state index in [-0.39, 0.29) is 37.0 Å². The van der Waals surface area contributed by atoms with Crippen LogP contribution in [-0.2, 0) is 30.7 Å². The molecule has 208 valence electrons. The van der Waals surface area contributed by atoms with E-state index in [1.54, 1.807) is 24.3 Å². The van der Waals surface area contributed by atoms with Gasteiger partial charge in [0.05, 0.1) is 19.4 Å². The Morgan fingerprint density at radius 1 is 1.19 bits per heavy atom. The van der Waals surface area contributed by atoms with Gasteiger partial charge >= 0.3 is 12.1 Å². The molecule has 37 heavy (non-hydrogen) atoms. The summed E-state index contributed by atoms with van der Waals surface area (Å²) in [5.74, 6) is -0.0751.